The van der Waals surface area contributed by atoms with Crippen LogP contribution in [0.15, 0.2) is 42.6 Å². The number of aryl methyl sites for hydroxylation is 1. The van der Waals surface area contributed by atoms with Crippen molar-refractivity contribution in [3.63, 3.8) is 0 Å². The van der Waals surface area contributed by atoms with Crippen molar-refractivity contribution >= 4 is 49.7 Å². The smallest absolute Gasteiger partial charge is 0.195 e. The third kappa shape index (κ3) is 2.81. The summed E-state index contributed by atoms with van der Waals surface area (Å²) < 4.78 is 3.42. The zero-order chi connectivity index (χ0) is 16.7. The van der Waals surface area contributed by atoms with Crippen molar-refractivity contribution in [2.75, 3.05) is 0 Å². The molecule has 2 nitrogen and oxygen atoms in total. The molecule has 0 radical (unpaired) electrons. The number of hydrogen-bond donors (Lipinski definition) is 0. The van der Waals surface area contributed by atoms with Crippen molar-refractivity contribution in [2.24, 2.45) is 0 Å². The van der Waals surface area contributed by atoms with E-state index in [1.165, 1.54) is 28.6 Å². The first-order valence-electron chi connectivity index (χ1n) is 8.01. The minimum absolute atomic E-state index is 0.624. The quantitative estimate of drug-likeness (QED) is 0.381. The molecule has 0 spiro atoms. The summed E-state index contributed by atoms with van der Waals surface area (Å²) in [7, 11) is 0. The first-order chi connectivity index (χ1) is 11.7. The largest absolute Gasteiger partial charge is 0.290 e. The normalized spacial score (nSPS) is 11.6. The zero-order valence-electron chi connectivity index (χ0n) is 13.2. The van der Waals surface area contributed by atoms with Gasteiger partial charge in [-0.1, -0.05) is 53.9 Å². The fourth-order valence-electron chi connectivity index (χ4n) is 2.91. The van der Waals surface area contributed by atoms with Gasteiger partial charge in [0.1, 0.15) is 0 Å². The molecule has 0 aliphatic heterocycles. The van der Waals surface area contributed by atoms with E-state index in [1.54, 1.807) is 17.4 Å². The maximum atomic E-state index is 6.32. The molecule has 0 saturated heterocycles. The number of benzene rings is 2. The Kier molecular flexibility index (Phi) is 4.25. The summed E-state index contributed by atoms with van der Waals surface area (Å²) in [6.45, 7) is 2.22. The minimum atomic E-state index is 0.624. The molecule has 122 valence electrons. The van der Waals surface area contributed by atoms with Gasteiger partial charge in [-0.25, -0.2) is 4.98 Å². The Hall–Kier alpha value is -1.55. The van der Waals surface area contributed by atoms with Crippen LogP contribution in [0.25, 0.3) is 26.4 Å². The van der Waals surface area contributed by atoms with E-state index in [-0.39, 0.29) is 0 Å². The van der Waals surface area contributed by atoms with E-state index in [2.05, 4.69) is 35.7 Å². The number of thiazole rings is 1. The molecule has 2 aromatic carbocycles. The number of aromatic nitrogens is 2. The highest BCUT2D eigenvalue weighted by Crippen LogP contribution is 2.33. The van der Waals surface area contributed by atoms with Crippen LogP contribution < -0.4 is 0 Å². The van der Waals surface area contributed by atoms with Crippen LogP contribution in [0.1, 0.15) is 25.3 Å². The van der Waals surface area contributed by atoms with Gasteiger partial charge in [0.15, 0.2) is 4.96 Å². The molecule has 2 aromatic heterocycles. The lowest BCUT2D eigenvalue weighted by molar-refractivity contribution is 0.796. The van der Waals surface area contributed by atoms with Gasteiger partial charge in [0.05, 0.1) is 20.9 Å². The SMILES string of the molecule is CCCCc1ccc2c(c1)sc1nc(-c3ccc(Cl)cc3Cl)cn12. The lowest BCUT2D eigenvalue weighted by Gasteiger charge is -2.01. The molecule has 0 aliphatic carbocycles. The number of fused-ring (bicyclic) bond motifs is 3. The van der Waals surface area contributed by atoms with Crippen LogP contribution in [0, 0.1) is 0 Å². The van der Waals surface area contributed by atoms with E-state index < -0.39 is 0 Å². The third-order valence-corrected chi connectivity index (χ3v) is 5.75. The van der Waals surface area contributed by atoms with Crippen LogP contribution in [-0.4, -0.2) is 9.38 Å². The number of imidazole rings is 1. The van der Waals surface area contributed by atoms with Crippen molar-refractivity contribution in [3.05, 3.63) is 58.2 Å². The van der Waals surface area contributed by atoms with Crippen LogP contribution in [0.4, 0.5) is 0 Å². The van der Waals surface area contributed by atoms with Crippen LogP contribution in [0.2, 0.25) is 10.0 Å². The van der Waals surface area contributed by atoms with Gasteiger partial charge in [-0.2, -0.15) is 0 Å². The van der Waals surface area contributed by atoms with Crippen molar-refractivity contribution in [2.45, 2.75) is 26.2 Å². The van der Waals surface area contributed by atoms with E-state index in [1.807, 2.05) is 12.1 Å². The molecule has 0 unspecified atom stereocenters. The average molecular weight is 375 g/mol. The highest BCUT2D eigenvalue weighted by atomic mass is 35.5. The standard InChI is InChI=1S/C19H16Cl2N2S/c1-2-3-4-12-5-8-17-18(9-12)24-19-22-16(11-23(17)19)14-7-6-13(20)10-15(14)21/h5-11H,2-4H2,1H3. The Morgan fingerprint density at radius 2 is 2.00 bits per heavy atom. The molecule has 2 heterocycles. The minimum Gasteiger partial charge on any atom is -0.290 e. The molecule has 24 heavy (non-hydrogen) atoms. The van der Waals surface area contributed by atoms with Crippen LogP contribution in [0.5, 0.6) is 0 Å². The van der Waals surface area contributed by atoms with E-state index >= 15 is 0 Å². The summed E-state index contributed by atoms with van der Waals surface area (Å²) in [5, 5.41) is 1.26. The molecule has 4 aromatic rings. The number of unbranched alkanes of at least 4 members (excludes halogenated alkanes) is 1. The van der Waals surface area contributed by atoms with E-state index in [4.69, 9.17) is 28.2 Å². The number of hydrogen-bond acceptors (Lipinski definition) is 2. The number of halogens is 2. The van der Waals surface area contributed by atoms with Gasteiger partial charge >= 0.3 is 0 Å². The van der Waals surface area contributed by atoms with E-state index in [9.17, 15) is 0 Å². The maximum Gasteiger partial charge on any atom is 0.195 e. The van der Waals surface area contributed by atoms with Gasteiger partial charge in [-0.3, -0.25) is 4.40 Å². The molecule has 4 rings (SSSR count). The molecule has 0 atom stereocenters. The highest BCUT2D eigenvalue weighted by Gasteiger charge is 2.13. The molecule has 5 heteroatoms. The van der Waals surface area contributed by atoms with Gasteiger partial charge in [0.2, 0.25) is 0 Å². The monoisotopic (exact) mass is 374 g/mol. The predicted molar refractivity (Wildman–Crippen MR) is 105 cm³/mol. The molecule has 0 saturated carbocycles. The highest BCUT2D eigenvalue weighted by molar-refractivity contribution is 7.23. The Bertz CT molecular complexity index is 1030. The van der Waals surface area contributed by atoms with Crippen LogP contribution in [0.3, 0.4) is 0 Å². The van der Waals surface area contributed by atoms with Crippen LogP contribution >= 0.6 is 34.5 Å². The summed E-state index contributed by atoms with van der Waals surface area (Å²) in [6.07, 6.45) is 5.64. The topological polar surface area (TPSA) is 17.3 Å². The second-order valence-electron chi connectivity index (χ2n) is 5.91. The van der Waals surface area contributed by atoms with E-state index in [0.29, 0.717) is 10.0 Å². The molecule has 0 amide bonds. The van der Waals surface area contributed by atoms with Crippen molar-refractivity contribution in [3.8, 4) is 11.3 Å². The third-order valence-electron chi connectivity index (χ3n) is 4.18. The molecule has 0 aliphatic rings. The van der Waals surface area contributed by atoms with Gasteiger partial charge in [-0.15, -0.1) is 0 Å². The molecule has 0 N–H and O–H groups in total. The molecule has 0 bridgehead atoms. The van der Waals surface area contributed by atoms with Gasteiger partial charge in [-0.05, 0) is 48.7 Å². The molecular formula is C19H16Cl2N2S. The fourth-order valence-corrected chi connectivity index (χ4v) is 4.49. The lowest BCUT2D eigenvalue weighted by Crippen LogP contribution is -1.84. The summed E-state index contributed by atoms with van der Waals surface area (Å²) in [5.41, 5.74) is 4.37. The zero-order valence-corrected chi connectivity index (χ0v) is 15.5. The summed E-state index contributed by atoms with van der Waals surface area (Å²) >= 11 is 14.0. The Morgan fingerprint density at radius 3 is 2.79 bits per heavy atom. The fraction of sp³-hybridized carbons (Fsp3) is 0.211. The maximum absolute atomic E-state index is 6.32. The van der Waals surface area contributed by atoms with Crippen molar-refractivity contribution in [1.82, 2.24) is 9.38 Å². The summed E-state index contributed by atoms with van der Waals surface area (Å²) in [4.78, 5) is 5.74. The lowest BCUT2D eigenvalue weighted by atomic mass is 10.1. The molecule has 0 fully saturated rings. The van der Waals surface area contributed by atoms with Gasteiger partial charge in [0, 0.05) is 16.8 Å². The number of nitrogens with zero attached hydrogens (tertiary/aromatic N) is 2. The Labute approximate surface area is 154 Å². The summed E-state index contributed by atoms with van der Waals surface area (Å²) in [6, 6.07) is 12.2. The first kappa shape index (κ1) is 15.9. The second-order valence-corrected chi connectivity index (χ2v) is 7.76. The second kappa shape index (κ2) is 6.40. The Balaban J connectivity index is 1.78. The summed E-state index contributed by atoms with van der Waals surface area (Å²) in [5.74, 6) is 0. The van der Waals surface area contributed by atoms with Crippen LogP contribution in [-0.2, 0) is 6.42 Å². The number of rotatable bonds is 4. The van der Waals surface area contributed by atoms with Gasteiger partial charge < -0.3 is 0 Å². The first-order valence-corrected chi connectivity index (χ1v) is 9.59. The Morgan fingerprint density at radius 1 is 1.12 bits per heavy atom. The van der Waals surface area contributed by atoms with Crippen molar-refractivity contribution in [1.29, 1.82) is 0 Å². The van der Waals surface area contributed by atoms with Crippen molar-refractivity contribution < 1.29 is 0 Å². The molecular weight excluding hydrogens is 359 g/mol. The predicted octanol–water partition coefficient (Wildman–Crippen LogP) is 6.87. The van der Waals surface area contributed by atoms with Gasteiger partial charge in [0.25, 0.3) is 0 Å². The average Bonchev–Trinajstić information content (AvgIpc) is 3.10. The van der Waals surface area contributed by atoms with E-state index in [0.717, 1.165) is 22.6 Å².